The molecule has 4 aromatic rings. The van der Waals surface area contributed by atoms with Gasteiger partial charge in [-0.2, -0.15) is 0 Å². The molecule has 1 aliphatic heterocycles. The molecule has 0 spiro atoms. The smallest absolute Gasteiger partial charge is 0.410 e. The third kappa shape index (κ3) is 8.56. The van der Waals surface area contributed by atoms with Crippen LogP contribution in [0.25, 0.3) is 0 Å². The van der Waals surface area contributed by atoms with Gasteiger partial charge in [0.25, 0.3) is 10.0 Å². The van der Waals surface area contributed by atoms with Crippen LogP contribution in [0.5, 0.6) is 17.2 Å². The van der Waals surface area contributed by atoms with Gasteiger partial charge in [-0.1, -0.05) is 35.1 Å². The number of hydrogen-bond acceptors (Lipinski definition) is 10. The number of halogens is 3. The highest BCUT2D eigenvalue weighted by Crippen LogP contribution is 2.37. The number of hydrogen-bond donors (Lipinski definition) is 0. The summed E-state index contributed by atoms with van der Waals surface area (Å²) in [6, 6.07) is 13.4. The molecule has 1 fully saturated rings. The van der Waals surface area contributed by atoms with E-state index in [1.165, 1.54) is 19.7 Å². The minimum absolute atomic E-state index is 0.0666. The Morgan fingerprint density at radius 2 is 1.78 bits per heavy atom. The van der Waals surface area contributed by atoms with Crippen molar-refractivity contribution in [1.29, 1.82) is 0 Å². The molecule has 16 heteroatoms. The molecule has 2 atom stereocenters. The van der Waals surface area contributed by atoms with Gasteiger partial charge >= 0.3 is 6.09 Å². The fourth-order valence-electron chi connectivity index (χ4n) is 5.64. The van der Waals surface area contributed by atoms with Crippen molar-refractivity contribution < 1.29 is 40.9 Å². The summed E-state index contributed by atoms with van der Waals surface area (Å²) in [7, 11) is -1.85. The first-order valence-corrected chi connectivity index (χ1v) is 18.2. The third-order valence-electron chi connectivity index (χ3n) is 8.06. The van der Waals surface area contributed by atoms with E-state index in [1.807, 2.05) is 12.1 Å². The Labute approximate surface area is 298 Å². The van der Waals surface area contributed by atoms with E-state index in [9.17, 15) is 13.2 Å². The van der Waals surface area contributed by atoms with Gasteiger partial charge in [-0.3, -0.25) is 0 Å². The number of amides is 1. The zero-order valence-corrected chi connectivity index (χ0v) is 30.4. The number of sulfonamides is 1. The lowest BCUT2D eigenvalue weighted by Crippen LogP contribution is -2.46. The quantitative estimate of drug-likeness (QED) is 0.156. The predicted octanol–water partition coefficient (Wildman–Crippen LogP) is 7.30. The van der Waals surface area contributed by atoms with Crippen LogP contribution < -0.4 is 18.5 Å². The molecule has 0 N–H and O–H groups in total. The fraction of sp³-hybridized carbons (Fsp3) is 0.382. The van der Waals surface area contributed by atoms with Crippen LogP contribution in [0.2, 0.25) is 5.02 Å². The molecule has 3 aromatic carbocycles. The van der Waals surface area contributed by atoms with Crippen molar-refractivity contribution >= 4 is 44.2 Å². The lowest BCUT2D eigenvalue weighted by atomic mass is 9.81. The average molecular weight is 751 g/mol. The standard InChI is InChI=1S/C34H37ClF2N4O7S2/c1-34(2,3)48-33(42)40-13-12-26(21-6-9-24(35)10-7-21)23(17-40)19-47-30-15-28(37)31(16-27(30)36)50(43,44)41(32-39-38-20-49-32)18-22-8-11-25(45-4)14-29(22)46-5/h6-11,14-16,20,23,26H,12-13,17-19H2,1-5H3/t23-,26?/m0/s1. The van der Waals surface area contributed by atoms with Gasteiger partial charge in [-0.15, -0.1) is 10.2 Å². The molecule has 1 aromatic heterocycles. The lowest BCUT2D eigenvalue weighted by Gasteiger charge is -2.39. The molecule has 0 saturated carbocycles. The van der Waals surface area contributed by atoms with E-state index in [1.54, 1.807) is 56.0 Å². The summed E-state index contributed by atoms with van der Waals surface area (Å²) in [6.07, 6.45) is 0.0691. The molecule has 1 aliphatic rings. The number of likely N-dealkylation sites (tertiary alicyclic amines) is 1. The average Bonchev–Trinajstić information content (AvgIpc) is 3.61. The zero-order valence-electron chi connectivity index (χ0n) is 28.1. The molecule has 268 valence electrons. The molecule has 50 heavy (non-hydrogen) atoms. The van der Waals surface area contributed by atoms with Gasteiger partial charge in [0.2, 0.25) is 5.13 Å². The summed E-state index contributed by atoms with van der Waals surface area (Å²) in [6.45, 7) is 5.53. The van der Waals surface area contributed by atoms with Gasteiger partial charge in [0.1, 0.15) is 33.3 Å². The first kappa shape index (κ1) is 37.1. The van der Waals surface area contributed by atoms with Gasteiger partial charge in [-0.25, -0.2) is 26.3 Å². The van der Waals surface area contributed by atoms with Gasteiger partial charge in [-0.05, 0) is 62.9 Å². The minimum atomic E-state index is -4.73. The number of carbonyl (C=O) groups excluding carboxylic acids is 1. The normalized spacial score (nSPS) is 16.5. The lowest BCUT2D eigenvalue weighted by molar-refractivity contribution is 0.0110. The second-order valence-electron chi connectivity index (χ2n) is 12.6. The van der Waals surface area contributed by atoms with Crippen LogP contribution in [-0.2, 0) is 21.3 Å². The second kappa shape index (κ2) is 15.4. The highest BCUT2D eigenvalue weighted by atomic mass is 35.5. The Hall–Kier alpha value is -4.21. The summed E-state index contributed by atoms with van der Waals surface area (Å²) in [4.78, 5) is 13.6. The Bertz CT molecular complexity index is 1910. The van der Waals surface area contributed by atoms with Crippen molar-refractivity contribution in [1.82, 2.24) is 15.1 Å². The van der Waals surface area contributed by atoms with Crippen molar-refractivity contribution in [3.63, 3.8) is 0 Å². The molecule has 11 nitrogen and oxygen atoms in total. The van der Waals surface area contributed by atoms with Crippen LogP contribution >= 0.6 is 22.9 Å². The van der Waals surface area contributed by atoms with Crippen LogP contribution in [0.3, 0.4) is 0 Å². The van der Waals surface area contributed by atoms with Crippen molar-refractivity contribution in [2.45, 2.75) is 50.2 Å². The van der Waals surface area contributed by atoms with Crippen LogP contribution in [0.1, 0.15) is 44.2 Å². The molecule has 5 rings (SSSR count). The number of piperidine rings is 1. The van der Waals surface area contributed by atoms with E-state index < -0.39 is 44.0 Å². The number of anilines is 1. The first-order chi connectivity index (χ1) is 23.7. The molecule has 1 amide bonds. The van der Waals surface area contributed by atoms with Crippen LogP contribution in [0, 0.1) is 17.6 Å². The van der Waals surface area contributed by atoms with Gasteiger partial charge < -0.3 is 23.8 Å². The molecule has 2 heterocycles. The summed E-state index contributed by atoms with van der Waals surface area (Å²) in [5.41, 5.74) is 1.98. The molecular weight excluding hydrogens is 714 g/mol. The number of aromatic nitrogens is 2. The summed E-state index contributed by atoms with van der Waals surface area (Å²) in [5, 5.41) is 8.12. The number of carbonyl (C=O) groups is 1. The predicted molar refractivity (Wildman–Crippen MR) is 185 cm³/mol. The summed E-state index contributed by atoms with van der Waals surface area (Å²) < 4.78 is 82.3. The van der Waals surface area contributed by atoms with Gasteiger partial charge in [0.05, 0.1) is 27.4 Å². The van der Waals surface area contributed by atoms with Crippen molar-refractivity contribution in [3.8, 4) is 17.2 Å². The number of rotatable bonds is 11. The van der Waals surface area contributed by atoms with E-state index >= 15 is 8.78 Å². The molecule has 1 saturated heterocycles. The van der Waals surface area contributed by atoms with Crippen LogP contribution in [-0.4, -0.2) is 69.1 Å². The molecule has 0 radical (unpaired) electrons. The Kier molecular flexibility index (Phi) is 11.4. The first-order valence-electron chi connectivity index (χ1n) is 15.5. The van der Waals surface area contributed by atoms with Gasteiger partial charge in [0, 0.05) is 47.8 Å². The Balaban J connectivity index is 1.41. The number of ether oxygens (including phenoxy) is 4. The Morgan fingerprint density at radius 1 is 1.04 bits per heavy atom. The molecule has 1 unspecified atom stereocenters. The van der Waals surface area contributed by atoms with E-state index in [0.717, 1.165) is 21.2 Å². The SMILES string of the molecule is COc1ccc(CN(c2nncs2)S(=O)(=O)c2cc(F)c(OC[C@@H]3CN(C(=O)OC(C)(C)C)CCC3c3ccc(Cl)cc3)cc2F)c(OC)c1. The zero-order chi connectivity index (χ0) is 36.2. The molecular formula is C34H37ClF2N4O7S2. The highest BCUT2D eigenvalue weighted by Gasteiger charge is 2.36. The number of methoxy groups -OCH3 is 2. The van der Waals surface area contributed by atoms with Crippen molar-refractivity contribution in [2.24, 2.45) is 5.92 Å². The summed E-state index contributed by atoms with van der Waals surface area (Å²) in [5.74, 6) is -2.47. The number of benzene rings is 3. The molecule has 0 bridgehead atoms. The van der Waals surface area contributed by atoms with E-state index in [-0.39, 0.29) is 36.7 Å². The van der Waals surface area contributed by atoms with Crippen LogP contribution in [0.15, 0.2) is 65.0 Å². The maximum Gasteiger partial charge on any atom is 0.410 e. The van der Waals surface area contributed by atoms with Crippen molar-refractivity contribution in [2.75, 3.05) is 38.2 Å². The third-order valence-corrected chi connectivity index (χ3v) is 10.9. The minimum Gasteiger partial charge on any atom is -0.497 e. The fourth-order valence-corrected chi connectivity index (χ4v) is 8.01. The van der Waals surface area contributed by atoms with Gasteiger partial charge in [0.15, 0.2) is 11.6 Å². The van der Waals surface area contributed by atoms with E-state index in [0.29, 0.717) is 47.2 Å². The maximum absolute atomic E-state index is 15.8. The summed E-state index contributed by atoms with van der Waals surface area (Å²) >= 11 is 7.02. The topological polar surface area (TPSA) is 120 Å². The van der Waals surface area contributed by atoms with Crippen LogP contribution in [0.4, 0.5) is 18.7 Å². The maximum atomic E-state index is 15.8. The van der Waals surface area contributed by atoms with E-state index in [4.69, 9.17) is 30.5 Å². The van der Waals surface area contributed by atoms with E-state index in [2.05, 4.69) is 10.2 Å². The monoisotopic (exact) mass is 750 g/mol. The largest absolute Gasteiger partial charge is 0.497 e. The second-order valence-corrected chi connectivity index (χ2v) is 15.6. The van der Waals surface area contributed by atoms with Crippen molar-refractivity contribution in [3.05, 3.63) is 87.9 Å². The molecule has 0 aliphatic carbocycles. The Morgan fingerprint density at radius 3 is 2.42 bits per heavy atom. The number of nitrogens with zero attached hydrogens (tertiary/aromatic N) is 4. The highest BCUT2D eigenvalue weighted by molar-refractivity contribution is 7.93.